The van der Waals surface area contributed by atoms with Gasteiger partial charge in [0.05, 0.1) is 18.7 Å². The SMILES string of the molecule is CC1CCN(CC(=O)NC(C)C(O)c2ccc(F)c(F)c2)CC1. The molecule has 1 amide bonds. The molecule has 0 aliphatic carbocycles. The molecule has 23 heavy (non-hydrogen) atoms. The average Bonchev–Trinajstić information content (AvgIpc) is 2.51. The van der Waals surface area contributed by atoms with Gasteiger partial charge in [0.1, 0.15) is 0 Å². The van der Waals surface area contributed by atoms with Gasteiger partial charge in [-0.05, 0) is 56.5 Å². The Hall–Kier alpha value is -1.53. The van der Waals surface area contributed by atoms with E-state index in [1.54, 1.807) is 6.92 Å². The van der Waals surface area contributed by atoms with Gasteiger partial charge < -0.3 is 10.4 Å². The summed E-state index contributed by atoms with van der Waals surface area (Å²) in [4.78, 5) is 14.2. The summed E-state index contributed by atoms with van der Waals surface area (Å²) < 4.78 is 26.2. The Balaban J connectivity index is 1.86. The minimum absolute atomic E-state index is 0.173. The number of nitrogens with zero attached hydrogens (tertiary/aromatic N) is 1. The summed E-state index contributed by atoms with van der Waals surface area (Å²) in [7, 11) is 0. The number of hydrogen-bond acceptors (Lipinski definition) is 3. The van der Waals surface area contributed by atoms with Crippen LogP contribution in [0.25, 0.3) is 0 Å². The van der Waals surface area contributed by atoms with E-state index in [0.29, 0.717) is 12.5 Å². The predicted octanol–water partition coefficient (Wildman–Crippen LogP) is 2.23. The van der Waals surface area contributed by atoms with E-state index in [9.17, 15) is 18.7 Å². The Morgan fingerprint density at radius 2 is 2.00 bits per heavy atom. The molecule has 1 saturated heterocycles. The van der Waals surface area contributed by atoms with Gasteiger partial charge in [-0.25, -0.2) is 8.78 Å². The summed E-state index contributed by atoms with van der Waals surface area (Å²) >= 11 is 0. The lowest BCUT2D eigenvalue weighted by Crippen LogP contribution is -2.45. The zero-order valence-corrected chi connectivity index (χ0v) is 13.6. The second-order valence-electron chi connectivity index (χ2n) is 6.43. The summed E-state index contributed by atoms with van der Waals surface area (Å²) in [5.74, 6) is -1.45. The van der Waals surface area contributed by atoms with E-state index in [4.69, 9.17) is 0 Å². The smallest absolute Gasteiger partial charge is 0.234 e. The van der Waals surface area contributed by atoms with Crippen molar-refractivity contribution in [2.24, 2.45) is 5.92 Å². The van der Waals surface area contributed by atoms with E-state index in [1.807, 2.05) is 0 Å². The summed E-state index contributed by atoms with van der Waals surface area (Å²) in [5, 5.41) is 12.9. The number of piperidine rings is 1. The largest absolute Gasteiger partial charge is 0.386 e. The Kier molecular flexibility index (Phi) is 6.07. The molecule has 6 heteroatoms. The van der Waals surface area contributed by atoms with Crippen LogP contribution in [0.1, 0.15) is 38.4 Å². The number of amides is 1. The molecule has 4 nitrogen and oxygen atoms in total. The van der Waals surface area contributed by atoms with E-state index >= 15 is 0 Å². The van der Waals surface area contributed by atoms with Crippen molar-refractivity contribution in [3.63, 3.8) is 0 Å². The van der Waals surface area contributed by atoms with Crippen molar-refractivity contribution in [3.05, 3.63) is 35.4 Å². The fourth-order valence-electron chi connectivity index (χ4n) is 2.79. The molecule has 0 aromatic heterocycles. The quantitative estimate of drug-likeness (QED) is 0.872. The number of hydrogen-bond donors (Lipinski definition) is 2. The summed E-state index contributed by atoms with van der Waals surface area (Å²) in [5.41, 5.74) is 0.239. The molecule has 2 N–H and O–H groups in total. The highest BCUT2D eigenvalue weighted by atomic mass is 19.2. The normalized spacial score (nSPS) is 19.3. The lowest BCUT2D eigenvalue weighted by Gasteiger charge is -2.30. The fourth-order valence-corrected chi connectivity index (χ4v) is 2.79. The van der Waals surface area contributed by atoms with Gasteiger partial charge in [-0.1, -0.05) is 13.0 Å². The lowest BCUT2D eigenvalue weighted by molar-refractivity contribution is -0.124. The molecule has 2 atom stereocenters. The van der Waals surface area contributed by atoms with Crippen molar-refractivity contribution in [1.82, 2.24) is 10.2 Å². The van der Waals surface area contributed by atoms with Crippen molar-refractivity contribution in [3.8, 4) is 0 Å². The standard InChI is InChI=1S/C17H24F2N2O2/c1-11-5-7-21(8-6-11)10-16(22)20-12(2)17(23)13-3-4-14(18)15(19)9-13/h3-4,9,11-12,17,23H,5-8,10H2,1-2H3,(H,20,22). The van der Waals surface area contributed by atoms with Gasteiger partial charge in [0.25, 0.3) is 0 Å². The number of carbonyl (C=O) groups is 1. The van der Waals surface area contributed by atoms with Gasteiger partial charge in [0.2, 0.25) is 5.91 Å². The van der Waals surface area contributed by atoms with Crippen LogP contribution in [0.5, 0.6) is 0 Å². The number of benzene rings is 1. The van der Waals surface area contributed by atoms with Crippen LogP contribution in [0.3, 0.4) is 0 Å². The monoisotopic (exact) mass is 326 g/mol. The molecule has 0 radical (unpaired) electrons. The van der Waals surface area contributed by atoms with Crippen LogP contribution < -0.4 is 5.32 Å². The molecular formula is C17H24F2N2O2. The minimum Gasteiger partial charge on any atom is -0.386 e. The van der Waals surface area contributed by atoms with Crippen molar-refractivity contribution in [2.45, 2.75) is 38.8 Å². The van der Waals surface area contributed by atoms with Crippen molar-refractivity contribution < 1.29 is 18.7 Å². The van der Waals surface area contributed by atoms with Gasteiger partial charge in [-0.2, -0.15) is 0 Å². The third-order valence-electron chi connectivity index (χ3n) is 4.39. The maximum Gasteiger partial charge on any atom is 0.234 e. The maximum absolute atomic E-state index is 13.2. The number of aliphatic hydroxyl groups is 1. The first-order valence-electron chi connectivity index (χ1n) is 8.01. The Bertz CT molecular complexity index is 545. The van der Waals surface area contributed by atoms with Crippen molar-refractivity contribution in [1.29, 1.82) is 0 Å². The number of likely N-dealkylation sites (tertiary alicyclic amines) is 1. The molecule has 128 valence electrons. The van der Waals surface area contributed by atoms with E-state index in [2.05, 4.69) is 17.1 Å². The molecular weight excluding hydrogens is 302 g/mol. The zero-order valence-electron chi connectivity index (χ0n) is 13.6. The van der Waals surface area contributed by atoms with Gasteiger partial charge in [-0.3, -0.25) is 9.69 Å². The maximum atomic E-state index is 13.2. The van der Waals surface area contributed by atoms with Crippen LogP contribution in [0, 0.1) is 17.6 Å². The lowest BCUT2D eigenvalue weighted by atomic mass is 9.99. The Labute approximate surface area is 135 Å². The molecule has 1 aromatic rings. The molecule has 2 unspecified atom stereocenters. The van der Waals surface area contributed by atoms with Crippen LogP contribution >= 0.6 is 0 Å². The zero-order chi connectivity index (χ0) is 17.0. The van der Waals surface area contributed by atoms with E-state index in [1.165, 1.54) is 6.07 Å². The summed E-state index contributed by atoms with van der Waals surface area (Å²) in [6.45, 7) is 5.94. The Morgan fingerprint density at radius 3 is 2.61 bits per heavy atom. The van der Waals surface area contributed by atoms with Crippen LogP contribution in [0.15, 0.2) is 18.2 Å². The molecule has 1 aliphatic heterocycles. The van der Waals surface area contributed by atoms with Crippen molar-refractivity contribution in [2.75, 3.05) is 19.6 Å². The van der Waals surface area contributed by atoms with Crippen LogP contribution in [0.2, 0.25) is 0 Å². The first-order valence-corrected chi connectivity index (χ1v) is 8.01. The highest BCUT2D eigenvalue weighted by molar-refractivity contribution is 5.78. The molecule has 0 saturated carbocycles. The van der Waals surface area contributed by atoms with Crippen molar-refractivity contribution >= 4 is 5.91 Å². The third kappa shape index (κ3) is 4.97. The highest BCUT2D eigenvalue weighted by Gasteiger charge is 2.22. The predicted molar refractivity (Wildman–Crippen MR) is 83.8 cm³/mol. The second-order valence-corrected chi connectivity index (χ2v) is 6.43. The molecule has 0 spiro atoms. The topological polar surface area (TPSA) is 52.6 Å². The Morgan fingerprint density at radius 1 is 1.35 bits per heavy atom. The highest BCUT2D eigenvalue weighted by Crippen LogP contribution is 2.19. The van der Waals surface area contributed by atoms with Crippen LogP contribution in [-0.2, 0) is 4.79 Å². The first kappa shape index (κ1) is 17.8. The summed E-state index contributed by atoms with van der Waals surface area (Å²) in [6, 6.07) is 2.65. The number of nitrogens with one attached hydrogen (secondary N) is 1. The van der Waals surface area contributed by atoms with Crippen LogP contribution in [0.4, 0.5) is 8.78 Å². The van der Waals surface area contributed by atoms with E-state index in [0.717, 1.165) is 38.1 Å². The molecule has 1 aromatic carbocycles. The summed E-state index contributed by atoms with van der Waals surface area (Å²) in [6.07, 6.45) is 1.08. The average molecular weight is 326 g/mol. The number of rotatable bonds is 5. The number of aliphatic hydroxyl groups excluding tert-OH is 1. The van der Waals surface area contributed by atoms with E-state index < -0.39 is 23.8 Å². The molecule has 1 aliphatic rings. The van der Waals surface area contributed by atoms with Gasteiger partial charge in [0, 0.05) is 0 Å². The first-order chi connectivity index (χ1) is 10.9. The fraction of sp³-hybridized carbons (Fsp3) is 0.588. The molecule has 2 rings (SSSR count). The number of carbonyl (C=O) groups excluding carboxylic acids is 1. The minimum atomic E-state index is -1.09. The van der Waals surface area contributed by atoms with Gasteiger partial charge in [-0.15, -0.1) is 0 Å². The molecule has 1 fully saturated rings. The third-order valence-corrected chi connectivity index (χ3v) is 4.39. The molecule has 1 heterocycles. The van der Waals surface area contributed by atoms with Crippen LogP contribution in [-0.4, -0.2) is 41.6 Å². The van der Waals surface area contributed by atoms with Gasteiger partial charge >= 0.3 is 0 Å². The van der Waals surface area contributed by atoms with Gasteiger partial charge in [0.15, 0.2) is 11.6 Å². The number of halogens is 2. The second kappa shape index (κ2) is 7.84. The molecule has 0 bridgehead atoms. The van der Waals surface area contributed by atoms with E-state index in [-0.39, 0.29) is 11.5 Å².